The molecule has 0 aromatic rings. The van der Waals surface area contributed by atoms with Gasteiger partial charge >= 0.3 is 0 Å². The van der Waals surface area contributed by atoms with Gasteiger partial charge < -0.3 is 5.32 Å². The summed E-state index contributed by atoms with van der Waals surface area (Å²) < 4.78 is 0. The molecular formula is C9H15N. The van der Waals surface area contributed by atoms with E-state index in [-0.39, 0.29) is 0 Å². The van der Waals surface area contributed by atoms with Crippen LogP contribution in [0.3, 0.4) is 0 Å². The molecule has 1 aliphatic rings. The smallest absolute Gasteiger partial charge is 0.0105 e. The highest BCUT2D eigenvalue weighted by Gasteiger charge is 2.26. The molecule has 1 fully saturated rings. The normalized spacial score (nSPS) is 30.5. The van der Waals surface area contributed by atoms with Gasteiger partial charge in [0.1, 0.15) is 0 Å². The van der Waals surface area contributed by atoms with Crippen LogP contribution in [0.1, 0.15) is 19.8 Å². The quantitative estimate of drug-likeness (QED) is 0.629. The third-order valence-electron chi connectivity index (χ3n) is 2.15. The Morgan fingerprint density at radius 2 is 2.20 bits per heavy atom. The minimum absolute atomic E-state index is 0.702. The van der Waals surface area contributed by atoms with Crippen molar-refractivity contribution in [1.82, 2.24) is 5.32 Å². The van der Waals surface area contributed by atoms with Crippen molar-refractivity contribution in [2.24, 2.45) is 11.8 Å². The Balaban J connectivity index is 2.24. The van der Waals surface area contributed by atoms with Crippen molar-refractivity contribution in [1.29, 1.82) is 0 Å². The van der Waals surface area contributed by atoms with Gasteiger partial charge in [-0.1, -0.05) is 20.1 Å². The molecule has 0 spiro atoms. The Morgan fingerprint density at radius 3 is 2.60 bits per heavy atom. The fourth-order valence-corrected chi connectivity index (χ4v) is 1.44. The van der Waals surface area contributed by atoms with Gasteiger partial charge in [-0.05, 0) is 30.9 Å². The zero-order valence-corrected chi connectivity index (χ0v) is 6.56. The molecule has 0 amide bonds. The Bertz CT molecular complexity index is 143. The Kier molecular flexibility index (Phi) is 2.15. The second-order valence-corrected chi connectivity index (χ2v) is 3.15. The first kappa shape index (κ1) is 7.39. The van der Waals surface area contributed by atoms with E-state index < -0.39 is 0 Å². The van der Waals surface area contributed by atoms with E-state index in [1.807, 2.05) is 0 Å². The predicted octanol–water partition coefficient (Wildman–Crippen LogP) is 2.28. The molecule has 0 aliphatic heterocycles. The molecule has 1 saturated carbocycles. The van der Waals surface area contributed by atoms with Crippen LogP contribution in [0.2, 0.25) is 0 Å². The van der Waals surface area contributed by atoms with E-state index in [4.69, 9.17) is 0 Å². The van der Waals surface area contributed by atoms with Gasteiger partial charge in [0.15, 0.2) is 0 Å². The SMILES string of the molecule is C=CNC(=C)[C@H]1C[C@@H](C)C1. The molecule has 0 saturated heterocycles. The summed E-state index contributed by atoms with van der Waals surface area (Å²) in [7, 11) is 0. The molecule has 1 heteroatoms. The van der Waals surface area contributed by atoms with E-state index in [9.17, 15) is 0 Å². The maximum Gasteiger partial charge on any atom is 0.0105 e. The molecule has 0 bridgehead atoms. The van der Waals surface area contributed by atoms with E-state index in [0.717, 1.165) is 11.6 Å². The highest BCUT2D eigenvalue weighted by molar-refractivity contribution is 5.05. The predicted molar refractivity (Wildman–Crippen MR) is 44.4 cm³/mol. The van der Waals surface area contributed by atoms with Crippen LogP contribution in [0.25, 0.3) is 0 Å². The summed E-state index contributed by atoms with van der Waals surface area (Å²) in [5.41, 5.74) is 1.13. The topological polar surface area (TPSA) is 12.0 Å². The molecule has 1 nitrogen and oxygen atoms in total. The number of hydrogen-bond acceptors (Lipinski definition) is 1. The highest BCUT2D eigenvalue weighted by Crippen LogP contribution is 2.36. The molecular weight excluding hydrogens is 122 g/mol. The summed E-state index contributed by atoms with van der Waals surface area (Å²) >= 11 is 0. The summed E-state index contributed by atoms with van der Waals surface area (Å²) in [5, 5.41) is 3.04. The molecule has 56 valence electrons. The van der Waals surface area contributed by atoms with Crippen molar-refractivity contribution in [2.75, 3.05) is 0 Å². The molecule has 0 aromatic heterocycles. The molecule has 0 aromatic carbocycles. The molecule has 0 heterocycles. The first-order valence-electron chi connectivity index (χ1n) is 3.80. The van der Waals surface area contributed by atoms with Crippen molar-refractivity contribution >= 4 is 0 Å². The third kappa shape index (κ3) is 1.41. The lowest BCUT2D eigenvalue weighted by atomic mass is 9.75. The van der Waals surface area contributed by atoms with E-state index in [1.54, 1.807) is 6.20 Å². The lowest BCUT2D eigenvalue weighted by Crippen LogP contribution is -2.27. The van der Waals surface area contributed by atoms with Crippen LogP contribution in [0.4, 0.5) is 0 Å². The second-order valence-electron chi connectivity index (χ2n) is 3.15. The van der Waals surface area contributed by atoms with Gasteiger partial charge in [-0.15, -0.1) is 0 Å². The number of allylic oxidation sites excluding steroid dienone is 1. The van der Waals surface area contributed by atoms with Crippen molar-refractivity contribution in [2.45, 2.75) is 19.8 Å². The summed E-state index contributed by atoms with van der Waals surface area (Å²) in [4.78, 5) is 0. The molecule has 0 atom stereocenters. The van der Waals surface area contributed by atoms with E-state index in [0.29, 0.717) is 5.92 Å². The van der Waals surface area contributed by atoms with Crippen molar-refractivity contribution in [3.8, 4) is 0 Å². The van der Waals surface area contributed by atoms with E-state index in [2.05, 4.69) is 25.4 Å². The van der Waals surface area contributed by atoms with Crippen LogP contribution in [0.5, 0.6) is 0 Å². The third-order valence-corrected chi connectivity index (χ3v) is 2.15. The van der Waals surface area contributed by atoms with Crippen LogP contribution < -0.4 is 5.32 Å². The fraction of sp³-hybridized carbons (Fsp3) is 0.556. The summed E-state index contributed by atoms with van der Waals surface area (Å²) in [5.74, 6) is 1.60. The molecule has 10 heavy (non-hydrogen) atoms. The van der Waals surface area contributed by atoms with Gasteiger partial charge in [-0.2, -0.15) is 0 Å². The Morgan fingerprint density at radius 1 is 1.60 bits per heavy atom. The summed E-state index contributed by atoms with van der Waals surface area (Å²) in [6.07, 6.45) is 4.28. The minimum atomic E-state index is 0.702. The summed E-state index contributed by atoms with van der Waals surface area (Å²) in [6.45, 7) is 9.78. The number of hydrogen-bond donors (Lipinski definition) is 1. The van der Waals surface area contributed by atoms with Gasteiger partial charge in [-0.25, -0.2) is 0 Å². The van der Waals surface area contributed by atoms with Gasteiger partial charge in [0.2, 0.25) is 0 Å². The maximum atomic E-state index is 3.92. The summed E-state index contributed by atoms with van der Waals surface area (Å²) in [6, 6.07) is 0. The first-order valence-corrected chi connectivity index (χ1v) is 3.80. The number of rotatable bonds is 3. The first-order chi connectivity index (χ1) is 4.74. The molecule has 0 radical (unpaired) electrons. The van der Waals surface area contributed by atoms with Crippen LogP contribution >= 0.6 is 0 Å². The molecule has 1 rings (SSSR count). The van der Waals surface area contributed by atoms with E-state index >= 15 is 0 Å². The maximum absolute atomic E-state index is 3.92. The monoisotopic (exact) mass is 137 g/mol. The highest BCUT2D eigenvalue weighted by atomic mass is 14.9. The van der Waals surface area contributed by atoms with Crippen molar-refractivity contribution in [3.63, 3.8) is 0 Å². The van der Waals surface area contributed by atoms with Gasteiger partial charge in [0.05, 0.1) is 0 Å². The second kappa shape index (κ2) is 2.91. The van der Waals surface area contributed by atoms with Crippen LogP contribution in [0.15, 0.2) is 25.1 Å². The van der Waals surface area contributed by atoms with Crippen LogP contribution in [0, 0.1) is 11.8 Å². The average Bonchev–Trinajstić information content (AvgIpc) is 1.82. The average molecular weight is 137 g/mol. The number of nitrogens with one attached hydrogen (secondary N) is 1. The van der Waals surface area contributed by atoms with Gasteiger partial charge in [0, 0.05) is 5.70 Å². The zero-order valence-electron chi connectivity index (χ0n) is 6.56. The van der Waals surface area contributed by atoms with E-state index in [1.165, 1.54) is 12.8 Å². The van der Waals surface area contributed by atoms with Gasteiger partial charge in [0.25, 0.3) is 0 Å². The molecule has 0 unspecified atom stereocenters. The Labute approximate surface area is 62.8 Å². The lowest BCUT2D eigenvalue weighted by molar-refractivity contribution is 0.243. The molecule has 1 aliphatic carbocycles. The Hall–Kier alpha value is -0.720. The van der Waals surface area contributed by atoms with Crippen LogP contribution in [-0.4, -0.2) is 0 Å². The van der Waals surface area contributed by atoms with Crippen molar-refractivity contribution in [3.05, 3.63) is 25.1 Å². The van der Waals surface area contributed by atoms with Gasteiger partial charge in [-0.3, -0.25) is 0 Å². The molecule has 1 N–H and O–H groups in total. The van der Waals surface area contributed by atoms with Crippen LogP contribution in [-0.2, 0) is 0 Å². The zero-order chi connectivity index (χ0) is 7.56. The fourth-order valence-electron chi connectivity index (χ4n) is 1.44. The van der Waals surface area contributed by atoms with Crippen molar-refractivity contribution < 1.29 is 0 Å². The lowest BCUT2D eigenvalue weighted by Gasteiger charge is -2.33. The standard InChI is InChI=1S/C9H15N/c1-4-10-8(3)9-5-7(2)6-9/h4,7,9-10H,1,3,5-6H2,2H3/t7-,9+. The largest absolute Gasteiger partial charge is 0.366 e. The minimum Gasteiger partial charge on any atom is -0.366 e.